The number of aromatic nitrogens is 1. The van der Waals surface area contributed by atoms with Crippen LogP contribution in [0.2, 0.25) is 0 Å². The van der Waals surface area contributed by atoms with E-state index in [-0.39, 0.29) is 12.5 Å². The van der Waals surface area contributed by atoms with Gasteiger partial charge in [-0.15, -0.1) is 0 Å². The Hall–Kier alpha value is -3.06. The van der Waals surface area contributed by atoms with Gasteiger partial charge in [-0.3, -0.25) is 9.78 Å². The van der Waals surface area contributed by atoms with Gasteiger partial charge < -0.3 is 19.1 Å². The van der Waals surface area contributed by atoms with Crippen LogP contribution >= 0.6 is 15.9 Å². The Balaban J connectivity index is 1.50. The van der Waals surface area contributed by atoms with Gasteiger partial charge in [0.1, 0.15) is 31.0 Å². The van der Waals surface area contributed by atoms with E-state index in [1.54, 1.807) is 11.1 Å². The largest absolute Gasteiger partial charge is 0.491 e. The molecule has 0 N–H and O–H groups in total. The van der Waals surface area contributed by atoms with E-state index in [0.717, 1.165) is 27.0 Å². The van der Waals surface area contributed by atoms with Gasteiger partial charge in [-0.05, 0) is 45.8 Å². The lowest BCUT2D eigenvalue weighted by atomic mass is 9.77. The summed E-state index contributed by atoms with van der Waals surface area (Å²) in [6.45, 7) is 1.62. The normalized spacial score (nSPS) is 20.8. The summed E-state index contributed by atoms with van der Waals surface area (Å²) in [6, 6.07) is 15.4. The van der Waals surface area contributed by atoms with Crippen LogP contribution in [0.15, 0.2) is 59.2 Å². The molecule has 30 heavy (non-hydrogen) atoms. The van der Waals surface area contributed by atoms with Crippen LogP contribution in [0.4, 0.5) is 5.69 Å². The molecule has 1 aromatic heterocycles. The molecule has 1 spiro atoms. The second kappa shape index (κ2) is 6.47. The van der Waals surface area contributed by atoms with Gasteiger partial charge >= 0.3 is 0 Å². The van der Waals surface area contributed by atoms with Crippen molar-refractivity contribution in [1.29, 1.82) is 0 Å². The van der Waals surface area contributed by atoms with Crippen LogP contribution in [0.1, 0.15) is 16.8 Å². The second-order valence-electron chi connectivity index (χ2n) is 7.53. The van der Waals surface area contributed by atoms with E-state index in [4.69, 9.17) is 14.2 Å². The lowest BCUT2D eigenvalue weighted by Crippen LogP contribution is -2.42. The van der Waals surface area contributed by atoms with Crippen LogP contribution < -0.4 is 19.1 Å². The summed E-state index contributed by atoms with van der Waals surface area (Å²) in [6.07, 6.45) is 1.74. The number of carbonyl (C=O) groups excluding carboxylic acids is 1. The number of hydrogen-bond acceptors (Lipinski definition) is 5. The average molecular weight is 465 g/mol. The van der Waals surface area contributed by atoms with Crippen molar-refractivity contribution in [2.24, 2.45) is 0 Å². The van der Waals surface area contributed by atoms with Crippen molar-refractivity contribution in [3.05, 3.63) is 76.0 Å². The number of hydrogen-bond donors (Lipinski definition) is 0. The Kier molecular flexibility index (Phi) is 3.83. The van der Waals surface area contributed by atoms with Gasteiger partial charge in [0.15, 0.2) is 11.5 Å². The van der Waals surface area contributed by atoms with Gasteiger partial charge in [0.05, 0.1) is 12.2 Å². The highest BCUT2D eigenvalue weighted by Gasteiger charge is 2.57. The first kappa shape index (κ1) is 17.8. The number of para-hydroxylation sites is 1. The van der Waals surface area contributed by atoms with Gasteiger partial charge in [-0.25, -0.2) is 0 Å². The number of pyridine rings is 1. The van der Waals surface area contributed by atoms with E-state index in [2.05, 4.69) is 20.9 Å². The SMILES string of the molecule is O=C1N(Cc2ncccc2Br)c2ccccc2C12COc1cc3c(cc12)OCCO3. The molecule has 2 aromatic carbocycles. The fraction of sp³-hybridized carbons (Fsp3) is 0.217. The van der Waals surface area contributed by atoms with Crippen molar-refractivity contribution in [3.8, 4) is 17.2 Å². The van der Waals surface area contributed by atoms with E-state index in [1.807, 2.05) is 48.5 Å². The van der Waals surface area contributed by atoms with Crippen LogP contribution in [0.25, 0.3) is 0 Å². The van der Waals surface area contributed by atoms with Crippen molar-refractivity contribution in [1.82, 2.24) is 4.98 Å². The van der Waals surface area contributed by atoms with E-state index in [1.165, 1.54) is 0 Å². The van der Waals surface area contributed by atoms with Gasteiger partial charge in [-0.1, -0.05) is 18.2 Å². The van der Waals surface area contributed by atoms with Gasteiger partial charge in [0.2, 0.25) is 5.91 Å². The molecule has 0 radical (unpaired) electrons. The zero-order valence-corrected chi connectivity index (χ0v) is 17.5. The molecule has 0 fully saturated rings. The van der Waals surface area contributed by atoms with Gasteiger partial charge in [0.25, 0.3) is 0 Å². The summed E-state index contributed by atoms with van der Waals surface area (Å²) >= 11 is 3.55. The maximum Gasteiger partial charge on any atom is 0.246 e. The van der Waals surface area contributed by atoms with Gasteiger partial charge in [0, 0.05) is 28.0 Å². The average Bonchev–Trinajstić information content (AvgIpc) is 3.26. The predicted octanol–water partition coefficient (Wildman–Crippen LogP) is 3.84. The molecule has 1 atom stereocenters. The maximum absolute atomic E-state index is 14.0. The lowest BCUT2D eigenvalue weighted by molar-refractivity contribution is -0.122. The summed E-state index contributed by atoms with van der Waals surface area (Å²) in [5.74, 6) is 1.96. The first-order valence-corrected chi connectivity index (χ1v) is 10.6. The van der Waals surface area contributed by atoms with E-state index in [0.29, 0.717) is 37.0 Å². The minimum absolute atomic E-state index is 0.0170. The monoisotopic (exact) mass is 464 g/mol. The molecule has 3 aliphatic rings. The molecule has 1 unspecified atom stereocenters. The first-order valence-electron chi connectivity index (χ1n) is 9.76. The Labute approximate surface area is 181 Å². The lowest BCUT2D eigenvalue weighted by Gasteiger charge is -2.24. The van der Waals surface area contributed by atoms with Crippen LogP contribution in [0.5, 0.6) is 17.2 Å². The zero-order chi connectivity index (χ0) is 20.3. The number of anilines is 1. The van der Waals surface area contributed by atoms with Crippen molar-refractivity contribution < 1.29 is 19.0 Å². The fourth-order valence-electron chi connectivity index (χ4n) is 4.55. The number of carbonyl (C=O) groups is 1. The third-order valence-corrected chi connectivity index (χ3v) is 6.68. The quantitative estimate of drug-likeness (QED) is 0.576. The zero-order valence-electron chi connectivity index (χ0n) is 15.9. The highest BCUT2D eigenvalue weighted by molar-refractivity contribution is 9.10. The van der Waals surface area contributed by atoms with E-state index >= 15 is 0 Å². The number of fused-ring (bicyclic) bond motifs is 5. The van der Waals surface area contributed by atoms with E-state index in [9.17, 15) is 4.79 Å². The molecule has 0 saturated carbocycles. The molecule has 6 nitrogen and oxygen atoms in total. The molecule has 3 aromatic rings. The number of nitrogens with zero attached hydrogens (tertiary/aromatic N) is 2. The van der Waals surface area contributed by atoms with Gasteiger partial charge in [-0.2, -0.15) is 0 Å². The molecule has 3 aliphatic heterocycles. The number of rotatable bonds is 2. The third-order valence-electron chi connectivity index (χ3n) is 5.96. The van der Waals surface area contributed by atoms with Crippen LogP contribution in [-0.4, -0.2) is 30.7 Å². The summed E-state index contributed by atoms with van der Waals surface area (Å²) in [7, 11) is 0. The standard InChI is InChI=1S/C23H17BrN2O4/c24-16-5-3-7-25-17(16)12-26-18-6-2-1-4-14(18)23(22(26)27)13-30-19-11-21-20(10-15(19)23)28-8-9-29-21/h1-7,10-11H,8-9,12-13H2. The molecular weight excluding hydrogens is 448 g/mol. The molecule has 7 heteroatoms. The van der Waals surface area contributed by atoms with Crippen molar-refractivity contribution >= 4 is 27.5 Å². The molecule has 0 saturated heterocycles. The second-order valence-corrected chi connectivity index (χ2v) is 8.38. The Morgan fingerprint density at radius 1 is 0.967 bits per heavy atom. The number of halogens is 1. The van der Waals surface area contributed by atoms with Crippen LogP contribution in [-0.2, 0) is 16.8 Å². The summed E-state index contributed by atoms with van der Waals surface area (Å²) < 4.78 is 18.4. The van der Waals surface area contributed by atoms with Crippen LogP contribution in [0.3, 0.4) is 0 Å². The molecule has 0 bridgehead atoms. The predicted molar refractivity (Wildman–Crippen MR) is 113 cm³/mol. The number of ether oxygens (including phenoxy) is 3. The molecular formula is C23H17BrN2O4. The van der Waals surface area contributed by atoms with Crippen LogP contribution in [0, 0.1) is 0 Å². The number of amides is 1. The summed E-state index contributed by atoms with van der Waals surface area (Å²) in [5, 5.41) is 0. The topological polar surface area (TPSA) is 60.9 Å². The highest BCUT2D eigenvalue weighted by Crippen LogP contribution is 2.55. The highest BCUT2D eigenvalue weighted by atomic mass is 79.9. The fourth-order valence-corrected chi connectivity index (χ4v) is 4.93. The molecule has 0 aliphatic carbocycles. The Morgan fingerprint density at radius 2 is 1.77 bits per heavy atom. The van der Waals surface area contributed by atoms with E-state index < -0.39 is 5.41 Å². The Bertz CT molecular complexity index is 1200. The number of benzene rings is 2. The minimum atomic E-state index is -0.900. The first-order chi connectivity index (χ1) is 14.7. The minimum Gasteiger partial charge on any atom is -0.491 e. The summed E-state index contributed by atoms with van der Waals surface area (Å²) in [4.78, 5) is 20.2. The summed E-state index contributed by atoms with van der Waals surface area (Å²) in [5.41, 5.74) is 2.55. The van der Waals surface area contributed by atoms with Crippen molar-refractivity contribution in [2.45, 2.75) is 12.0 Å². The smallest absolute Gasteiger partial charge is 0.246 e. The maximum atomic E-state index is 14.0. The Morgan fingerprint density at radius 3 is 2.60 bits per heavy atom. The molecule has 1 amide bonds. The van der Waals surface area contributed by atoms with Crippen molar-refractivity contribution in [2.75, 3.05) is 24.7 Å². The molecule has 4 heterocycles. The molecule has 150 valence electrons. The van der Waals surface area contributed by atoms with Crippen molar-refractivity contribution in [3.63, 3.8) is 0 Å². The third kappa shape index (κ3) is 2.35. The molecule has 6 rings (SSSR count).